The molecule has 1 heterocycles. The molecule has 0 unspecified atom stereocenters. The minimum atomic E-state index is -0.0494. The zero-order chi connectivity index (χ0) is 21.5. The highest BCUT2D eigenvalue weighted by Crippen LogP contribution is 2.40. The second kappa shape index (κ2) is 10.2. The summed E-state index contributed by atoms with van der Waals surface area (Å²) >= 11 is 1.64. The molecule has 1 N–H and O–H groups in total. The van der Waals surface area contributed by atoms with E-state index in [2.05, 4.69) is 11.9 Å². The molecule has 158 valence electrons. The van der Waals surface area contributed by atoms with E-state index in [1.54, 1.807) is 23.6 Å². The van der Waals surface area contributed by atoms with E-state index in [-0.39, 0.29) is 5.91 Å². The molecule has 0 fully saturated rings. The summed E-state index contributed by atoms with van der Waals surface area (Å²) in [5, 5.41) is 3.86. The first-order valence-corrected chi connectivity index (χ1v) is 11.4. The average molecular weight is 431 g/mol. The number of fused-ring (bicyclic) bond motifs is 1. The Labute approximate surface area is 187 Å². The molecule has 1 aliphatic rings. The molecular weight excluding hydrogens is 404 g/mol. The van der Waals surface area contributed by atoms with Gasteiger partial charge in [0.15, 0.2) is 0 Å². The van der Waals surface area contributed by atoms with Gasteiger partial charge < -0.3 is 10.1 Å². The van der Waals surface area contributed by atoms with Crippen LogP contribution in [0, 0.1) is 0 Å². The van der Waals surface area contributed by atoms with Gasteiger partial charge in [-0.15, -0.1) is 11.3 Å². The SMILES string of the molecule is C=CCOc1ccccc1C=Nc1sc2c(c1C(=O)NCc1ccccc1)CCCC2. The standard InChI is InChI=1S/C26H26N2O2S/c1-2-16-30-22-14-8-6-12-20(22)18-28-26-24(21-13-7-9-15-23(21)31-26)25(29)27-17-19-10-4-3-5-11-19/h2-6,8,10-12,14,18H,1,7,9,13,15-17H2,(H,27,29). The number of nitrogens with zero attached hydrogens (tertiary/aromatic N) is 1. The predicted molar refractivity (Wildman–Crippen MR) is 128 cm³/mol. The normalized spacial score (nSPS) is 13.0. The fraction of sp³-hybridized carbons (Fsp3) is 0.231. The third kappa shape index (κ3) is 5.12. The fourth-order valence-electron chi connectivity index (χ4n) is 3.74. The molecule has 0 atom stereocenters. The molecule has 3 aromatic rings. The lowest BCUT2D eigenvalue weighted by Gasteiger charge is -2.13. The Morgan fingerprint density at radius 3 is 2.71 bits per heavy atom. The van der Waals surface area contributed by atoms with Gasteiger partial charge in [-0.2, -0.15) is 0 Å². The highest BCUT2D eigenvalue weighted by atomic mass is 32.1. The Kier molecular flexibility index (Phi) is 6.95. The quantitative estimate of drug-likeness (QED) is 0.359. The lowest BCUT2D eigenvalue weighted by atomic mass is 9.95. The van der Waals surface area contributed by atoms with Crippen LogP contribution in [-0.2, 0) is 19.4 Å². The van der Waals surface area contributed by atoms with Crippen LogP contribution < -0.4 is 10.1 Å². The number of aliphatic imine (C=N–C) groups is 1. The Hall–Kier alpha value is -3.18. The van der Waals surface area contributed by atoms with Gasteiger partial charge in [0.05, 0.1) is 5.56 Å². The summed E-state index contributed by atoms with van der Waals surface area (Å²) < 4.78 is 5.74. The van der Waals surface area contributed by atoms with Gasteiger partial charge in [0.2, 0.25) is 0 Å². The van der Waals surface area contributed by atoms with Crippen LogP contribution in [0.2, 0.25) is 0 Å². The molecule has 0 spiro atoms. The van der Waals surface area contributed by atoms with Gasteiger partial charge in [0, 0.05) is 23.2 Å². The van der Waals surface area contributed by atoms with Gasteiger partial charge in [0.1, 0.15) is 17.4 Å². The molecule has 0 saturated carbocycles. The number of aryl methyl sites for hydroxylation is 1. The Balaban J connectivity index is 1.61. The van der Waals surface area contributed by atoms with Crippen LogP contribution in [0.3, 0.4) is 0 Å². The van der Waals surface area contributed by atoms with Crippen LogP contribution in [0.4, 0.5) is 5.00 Å². The molecule has 2 aromatic carbocycles. The summed E-state index contributed by atoms with van der Waals surface area (Å²) in [4.78, 5) is 19.2. The summed E-state index contributed by atoms with van der Waals surface area (Å²) in [7, 11) is 0. The van der Waals surface area contributed by atoms with Crippen LogP contribution in [0.25, 0.3) is 0 Å². The van der Waals surface area contributed by atoms with Crippen molar-refractivity contribution in [3.63, 3.8) is 0 Å². The number of carbonyl (C=O) groups is 1. The Morgan fingerprint density at radius 2 is 1.87 bits per heavy atom. The smallest absolute Gasteiger partial charge is 0.254 e. The number of ether oxygens (including phenoxy) is 1. The molecule has 0 aliphatic heterocycles. The van der Waals surface area contributed by atoms with Crippen molar-refractivity contribution in [3.05, 3.63) is 94.4 Å². The van der Waals surface area contributed by atoms with E-state index in [1.807, 2.05) is 54.6 Å². The van der Waals surface area contributed by atoms with Crippen LogP contribution in [0.15, 0.2) is 72.2 Å². The number of rotatable bonds is 8. The molecule has 0 saturated heterocycles. The molecular formula is C26H26N2O2S. The number of para-hydroxylation sites is 1. The molecule has 1 aromatic heterocycles. The van der Waals surface area contributed by atoms with Crippen LogP contribution in [-0.4, -0.2) is 18.7 Å². The van der Waals surface area contributed by atoms with Gasteiger partial charge in [-0.05, 0) is 48.9 Å². The second-order valence-electron chi connectivity index (χ2n) is 7.46. The van der Waals surface area contributed by atoms with Gasteiger partial charge >= 0.3 is 0 Å². The van der Waals surface area contributed by atoms with Crippen molar-refractivity contribution in [3.8, 4) is 5.75 Å². The van der Waals surface area contributed by atoms with E-state index >= 15 is 0 Å². The fourth-order valence-corrected chi connectivity index (χ4v) is 4.97. The predicted octanol–water partition coefficient (Wildman–Crippen LogP) is 5.87. The van der Waals surface area contributed by atoms with Crippen molar-refractivity contribution in [2.24, 2.45) is 4.99 Å². The van der Waals surface area contributed by atoms with E-state index in [1.165, 1.54) is 16.9 Å². The maximum absolute atomic E-state index is 13.2. The first-order chi connectivity index (χ1) is 15.3. The third-order valence-electron chi connectivity index (χ3n) is 5.27. The van der Waals surface area contributed by atoms with Gasteiger partial charge in [0.25, 0.3) is 5.91 Å². The number of nitrogens with one attached hydrogen (secondary N) is 1. The molecule has 4 nitrogen and oxygen atoms in total. The number of benzene rings is 2. The van der Waals surface area contributed by atoms with E-state index in [0.717, 1.165) is 46.7 Å². The van der Waals surface area contributed by atoms with Crippen molar-refractivity contribution in [1.29, 1.82) is 0 Å². The molecule has 0 radical (unpaired) electrons. The zero-order valence-electron chi connectivity index (χ0n) is 17.5. The number of hydrogen-bond donors (Lipinski definition) is 1. The summed E-state index contributed by atoms with van der Waals surface area (Å²) in [6.45, 7) is 4.65. The lowest BCUT2D eigenvalue weighted by molar-refractivity contribution is 0.0951. The first kappa shape index (κ1) is 21.1. The second-order valence-corrected chi connectivity index (χ2v) is 8.54. The number of thiophene rings is 1. The van der Waals surface area contributed by atoms with Crippen molar-refractivity contribution >= 4 is 28.5 Å². The maximum atomic E-state index is 13.2. The largest absolute Gasteiger partial charge is 0.489 e. The van der Waals surface area contributed by atoms with Gasteiger partial charge in [-0.3, -0.25) is 4.79 Å². The van der Waals surface area contributed by atoms with Crippen molar-refractivity contribution in [2.45, 2.75) is 32.2 Å². The lowest BCUT2D eigenvalue weighted by Crippen LogP contribution is -2.24. The zero-order valence-corrected chi connectivity index (χ0v) is 18.3. The highest BCUT2D eigenvalue weighted by Gasteiger charge is 2.25. The van der Waals surface area contributed by atoms with Crippen LogP contribution in [0.1, 0.15) is 44.8 Å². The van der Waals surface area contributed by atoms with E-state index in [4.69, 9.17) is 9.73 Å². The van der Waals surface area contributed by atoms with E-state index in [0.29, 0.717) is 13.2 Å². The van der Waals surface area contributed by atoms with Crippen molar-refractivity contribution in [2.75, 3.05) is 6.61 Å². The summed E-state index contributed by atoms with van der Waals surface area (Å²) in [6.07, 6.45) is 7.76. The number of amides is 1. The van der Waals surface area contributed by atoms with Gasteiger partial charge in [-0.1, -0.05) is 55.1 Å². The minimum Gasteiger partial charge on any atom is -0.489 e. The first-order valence-electron chi connectivity index (χ1n) is 10.6. The third-order valence-corrected chi connectivity index (χ3v) is 6.47. The molecule has 5 heteroatoms. The van der Waals surface area contributed by atoms with Crippen molar-refractivity contribution in [1.82, 2.24) is 5.32 Å². The molecule has 1 amide bonds. The number of hydrogen-bond acceptors (Lipinski definition) is 4. The van der Waals surface area contributed by atoms with Crippen LogP contribution >= 0.6 is 11.3 Å². The van der Waals surface area contributed by atoms with E-state index < -0.39 is 0 Å². The van der Waals surface area contributed by atoms with Crippen molar-refractivity contribution < 1.29 is 9.53 Å². The average Bonchev–Trinajstić information content (AvgIpc) is 3.19. The summed E-state index contributed by atoms with van der Waals surface area (Å²) in [6, 6.07) is 17.7. The summed E-state index contributed by atoms with van der Waals surface area (Å²) in [5.74, 6) is 0.703. The maximum Gasteiger partial charge on any atom is 0.254 e. The minimum absolute atomic E-state index is 0.0494. The Morgan fingerprint density at radius 1 is 1.10 bits per heavy atom. The number of carbonyl (C=O) groups excluding carboxylic acids is 1. The summed E-state index contributed by atoms with van der Waals surface area (Å²) in [5.41, 5.74) is 3.87. The monoisotopic (exact) mass is 430 g/mol. The van der Waals surface area contributed by atoms with E-state index in [9.17, 15) is 4.79 Å². The molecule has 31 heavy (non-hydrogen) atoms. The van der Waals surface area contributed by atoms with Crippen LogP contribution in [0.5, 0.6) is 5.75 Å². The molecule has 1 aliphatic carbocycles. The topological polar surface area (TPSA) is 50.7 Å². The Bertz CT molecular complexity index is 1090. The van der Waals surface area contributed by atoms with Gasteiger partial charge in [-0.25, -0.2) is 4.99 Å². The molecule has 0 bridgehead atoms. The highest BCUT2D eigenvalue weighted by molar-refractivity contribution is 7.16. The molecule has 4 rings (SSSR count).